The lowest BCUT2D eigenvalue weighted by Gasteiger charge is -2.40. The van der Waals surface area contributed by atoms with Gasteiger partial charge in [-0.05, 0) is 81.4 Å². The van der Waals surface area contributed by atoms with Crippen LogP contribution in [0.25, 0.3) is 10.9 Å². The van der Waals surface area contributed by atoms with Crippen molar-refractivity contribution in [3.05, 3.63) is 36.0 Å². The van der Waals surface area contributed by atoms with E-state index in [4.69, 9.17) is 4.74 Å². The molecule has 1 aromatic carbocycles. The zero-order valence-electron chi connectivity index (χ0n) is 20.2. The third kappa shape index (κ3) is 6.66. The van der Waals surface area contributed by atoms with Crippen LogP contribution in [0, 0.1) is 11.8 Å². The number of pyridine rings is 1. The maximum atomic E-state index is 11.0. The third-order valence-electron chi connectivity index (χ3n) is 7.24. The maximum absolute atomic E-state index is 11.0. The predicted octanol–water partition coefficient (Wildman–Crippen LogP) is 5.35. The Morgan fingerprint density at radius 2 is 1.97 bits per heavy atom. The van der Waals surface area contributed by atoms with Crippen molar-refractivity contribution in [3.63, 3.8) is 0 Å². The van der Waals surface area contributed by atoms with Gasteiger partial charge in [0.2, 0.25) is 0 Å². The van der Waals surface area contributed by atoms with E-state index in [2.05, 4.69) is 16.8 Å². The number of aromatic nitrogens is 1. The quantitative estimate of drug-likeness (QED) is 0.434. The highest BCUT2D eigenvalue weighted by Crippen LogP contribution is 2.34. The molecule has 32 heavy (non-hydrogen) atoms. The Hall–Kier alpha value is -1.69. The Labute approximate surface area is 193 Å². The summed E-state index contributed by atoms with van der Waals surface area (Å²) in [5.41, 5.74) is 1.78. The van der Waals surface area contributed by atoms with Gasteiger partial charge in [0, 0.05) is 24.0 Å². The number of likely N-dealkylation sites (tertiary alicyclic amines) is 1. The molecule has 4 unspecified atom stereocenters. The molecule has 3 rings (SSSR count). The number of hydrogen-bond acceptors (Lipinski definition) is 5. The highest BCUT2D eigenvalue weighted by molar-refractivity contribution is 5.83. The average Bonchev–Trinajstić information content (AvgIpc) is 2.81. The topological polar surface area (TPSA) is 65.8 Å². The summed E-state index contributed by atoms with van der Waals surface area (Å²) in [5.74, 6) is 1.50. The van der Waals surface area contributed by atoms with Gasteiger partial charge in [-0.25, -0.2) is 0 Å². The minimum Gasteiger partial charge on any atom is -0.497 e. The normalized spacial score (nSPS) is 21.5. The van der Waals surface area contributed by atoms with E-state index in [-0.39, 0.29) is 12.0 Å². The number of piperidine rings is 1. The molecular weight excluding hydrogens is 400 g/mol. The molecule has 0 amide bonds. The van der Waals surface area contributed by atoms with Gasteiger partial charge >= 0.3 is 0 Å². The van der Waals surface area contributed by atoms with Crippen molar-refractivity contribution < 1.29 is 14.9 Å². The molecule has 1 aromatic heterocycles. The molecule has 0 radical (unpaired) electrons. The SMILES string of the molecule is CCCCCCCN1CCC(CCC(O)c2ccnc3ccc(OC)cc23)C(C(C)O)C1. The molecule has 1 aliphatic heterocycles. The van der Waals surface area contributed by atoms with Gasteiger partial charge in [0.25, 0.3) is 0 Å². The summed E-state index contributed by atoms with van der Waals surface area (Å²) in [5, 5.41) is 22.5. The molecular formula is C27H42N2O3. The minimum absolute atomic E-state index is 0.279. The Kier molecular flexibility index (Phi) is 9.76. The molecule has 0 aliphatic carbocycles. The number of rotatable bonds is 12. The second kappa shape index (κ2) is 12.5. The van der Waals surface area contributed by atoms with Crippen LogP contribution in [0.3, 0.4) is 0 Å². The molecule has 1 aliphatic rings. The van der Waals surface area contributed by atoms with E-state index < -0.39 is 6.10 Å². The number of unbranched alkanes of at least 4 members (excludes halogenated alkanes) is 4. The van der Waals surface area contributed by atoms with Crippen molar-refractivity contribution in [2.75, 3.05) is 26.7 Å². The molecule has 2 aromatic rings. The van der Waals surface area contributed by atoms with Gasteiger partial charge in [0.05, 0.1) is 24.8 Å². The zero-order valence-corrected chi connectivity index (χ0v) is 20.2. The summed E-state index contributed by atoms with van der Waals surface area (Å²) in [6.45, 7) is 7.41. The summed E-state index contributed by atoms with van der Waals surface area (Å²) in [6, 6.07) is 7.71. The molecule has 5 nitrogen and oxygen atoms in total. The van der Waals surface area contributed by atoms with E-state index in [1.807, 2.05) is 31.2 Å². The van der Waals surface area contributed by atoms with E-state index in [0.29, 0.717) is 12.3 Å². The summed E-state index contributed by atoms with van der Waals surface area (Å²) in [6.07, 6.45) is 10.1. The summed E-state index contributed by atoms with van der Waals surface area (Å²) in [7, 11) is 1.65. The predicted molar refractivity (Wildman–Crippen MR) is 131 cm³/mol. The molecule has 0 saturated carbocycles. The molecule has 2 heterocycles. The molecule has 5 heteroatoms. The van der Waals surface area contributed by atoms with Crippen LogP contribution in [-0.2, 0) is 0 Å². The van der Waals surface area contributed by atoms with Crippen molar-refractivity contribution in [2.45, 2.75) is 77.4 Å². The number of nitrogens with zero attached hydrogens (tertiary/aromatic N) is 2. The van der Waals surface area contributed by atoms with E-state index in [9.17, 15) is 10.2 Å². The fourth-order valence-corrected chi connectivity index (χ4v) is 5.24. The van der Waals surface area contributed by atoms with Crippen molar-refractivity contribution in [3.8, 4) is 5.75 Å². The van der Waals surface area contributed by atoms with Gasteiger partial charge in [0.15, 0.2) is 0 Å². The lowest BCUT2D eigenvalue weighted by molar-refractivity contribution is 0.0138. The first kappa shape index (κ1) is 24.9. The number of hydrogen-bond donors (Lipinski definition) is 2. The smallest absolute Gasteiger partial charge is 0.119 e. The van der Waals surface area contributed by atoms with Crippen LogP contribution >= 0.6 is 0 Å². The first-order valence-electron chi connectivity index (χ1n) is 12.5. The van der Waals surface area contributed by atoms with Gasteiger partial charge in [-0.3, -0.25) is 4.98 Å². The molecule has 1 saturated heterocycles. The molecule has 178 valence electrons. The molecule has 0 bridgehead atoms. The first-order valence-corrected chi connectivity index (χ1v) is 12.5. The number of aliphatic hydroxyl groups excluding tert-OH is 2. The van der Waals surface area contributed by atoms with E-state index in [1.165, 1.54) is 32.1 Å². The molecule has 0 spiro atoms. The van der Waals surface area contributed by atoms with E-state index >= 15 is 0 Å². The monoisotopic (exact) mass is 442 g/mol. The van der Waals surface area contributed by atoms with Gasteiger partial charge in [-0.15, -0.1) is 0 Å². The zero-order chi connectivity index (χ0) is 22.9. The van der Waals surface area contributed by atoms with E-state index in [0.717, 1.165) is 54.7 Å². The van der Waals surface area contributed by atoms with Gasteiger partial charge in [0.1, 0.15) is 5.75 Å². The number of methoxy groups -OCH3 is 1. The largest absolute Gasteiger partial charge is 0.497 e. The summed E-state index contributed by atoms with van der Waals surface area (Å²) >= 11 is 0. The fraction of sp³-hybridized carbons (Fsp3) is 0.667. The molecule has 4 atom stereocenters. The maximum Gasteiger partial charge on any atom is 0.119 e. The lowest BCUT2D eigenvalue weighted by Crippen LogP contribution is -2.45. The Morgan fingerprint density at radius 3 is 2.72 bits per heavy atom. The average molecular weight is 443 g/mol. The molecule has 1 fully saturated rings. The van der Waals surface area contributed by atoms with Crippen LogP contribution in [0.15, 0.2) is 30.5 Å². The van der Waals surface area contributed by atoms with Crippen LogP contribution in [-0.4, -0.2) is 52.9 Å². The number of aliphatic hydroxyl groups is 2. The van der Waals surface area contributed by atoms with Crippen molar-refractivity contribution in [1.82, 2.24) is 9.88 Å². The summed E-state index contributed by atoms with van der Waals surface area (Å²) < 4.78 is 5.37. The second-order valence-electron chi connectivity index (χ2n) is 9.54. The highest BCUT2D eigenvalue weighted by atomic mass is 16.5. The van der Waals surface area contributed by atoms with Crippen LogP contribution in [0.5, 0.6) is 5.75 Å². The second-order valence-corrected chi connectivity index (χ2v) is 9.54. The van der Waals surface area contributed by atoms with Crippen LogP contribution < -0.4 is 4.74 Å². The fourth-order valence-electron chi connectivity index (χ4n) is 5.24. The van der Waals surface area contributed by atoms with Crippen LogP contribution in [0.4, 0.5) is 0 Å². The van der Waals surface area contributed by atoms with Crippen molar-refractivity contribution in [2.24, 2.45) is 11.8 Å². The lowest BCUT2D eigenvalue weighted by atomic mass is 9.78. The van der Waals surface area contributed by atoms with E-state index in [1.54, 1.807) is 13.3 Å². The van der Waals surface area contributed by atoms with Gasteiger partial charge in [-0.2, -0.15) is 0 Å². The number of benzene rings is 1. The first-order chi connectivity index (χ1) is 15.5. The van der Waals surface area contributed by atoms with Crippen LogP contribution in [0.2, 0.25) is 0 Å². The van der Waals surface area contributed by atoms with Gasteiger partial charge < -0.3 is 19.8 Å². The standard InChI is InChI=1S/C27H42N2O3/c1-4-5-6-7-8-16-29-17-14-21(25(19-29)20(2)30)9-12-27(31)23-13-15-28-26-11-10-22(32-3)18-24(23)26/h10-11,13,15,18,20-21,25,27,30-31H,4-9,12,14,16-17,19H2,1-3H3. The highest BCUT2D eigenvalue weighted by Gasteiger charge is 2.32. The number of fused-ring (bicyclic) bond motifs is 1. The molecule has 2 N–H and O–H groups in total. The van der Waals surface area contributed by atoms with Crippen molar-refractivity contribution >= 4 is 10.9 Å². The minimum atomic E-state index is -0.543. The Morgan fingerprint density at radius 1 is 1.16 bits per heavy atom. The Bertz CT molecular complexity index is 826. The Balaban J connectivity index is 1.57. The number of ether oxygens (including phenoxy) is 1. The van der Waals surface area contributed by atoms with Gasteiger partial charge in [-0.1, -0.05) is 32.6 Å². The third-order valence-corrected chi connectivity index (χ3v) is 7.24. The van der Waals surface area contributed by atoms with Crippen molar-refractivity contribution in [1.29, 1.82) is 0 Å². The summed E-state index contributed by atoms with van der Waals surface area (Å²) in [4.78, 5) is 6.97. The van der Waals surface area contributed by atoms with Crippen LogP contribution in [0.1, 0.15) is 76.9 Å².